The summed E-state index contributed by atoms with van der Waals surface area (Å²) >= 11 is 0. The number of nitrogens with zero attached hydrogens (tertiary/aromatic N) is 3. The van der Waals surface area contributed by atoms with Crippen LogP contribution < -0.4 is 10.2 Å². The molecule has 2 aliphatic heterocycles. The second-order valence-corrected chi connectivity index (χ2v) is 7.92. The summed E-state index contributed by atoms with van der Waals surface area (Å²) in [6, 6.07) is 14.3. The average Bonchev–Trinajstić information content (AvgIpc) is 2.84. The summed E-state index contributed by atoms with van der Waals surface area (Å²) in [5.74, 6) is 0.162. The molecule has 34 heavy (non-hydrogen) atoms. The Bertz CT molecular complexity index is 850. The maximum Gasteiger partial charge on any atom is 0.290 e. The van der Waals surface area contributed by atoms with Crippen molar-refractivity contribution in [1.29, 1.82) is 0 Å². The molecule has 0 atom stereocenters. The number of hydrogen-bond acceptors (Lipinski definition) is 7. The standard InChI is InChI=1S/C22H28N4O2.2CH2O2/c27-21(24-10-11-25-12-14-28-15-13-25)22(16-19-4-2-1-3-5-19)17-26(18-22)20-6-8-23-9-7-20;2*2-1-3/h1-9H,10-18H2,(H,24,27);2*1H,(H,2,3). The van der Waals surface area contributed by atoms with Crippen molar-refractivity contribution in [3.05, 3.63) is 60.4 Å². The summed E-state index contributed by atoms with van der Waals surface area (Å²) in [5.41, 5.74) is 1.95. The van der Waals surface area contributed by atoms with Gasteiger partial charge in [-0.2, -0.15) is 0 Å². The second-order valence-electron chi connectivity index (χ2n) is 7.92. The predicted molar refractivity (Wildman–Crippen MR) is 127 cm³/mol. The van der Waals surface area contributed by atoms with Crippen molar-refractivity contribution in [2.45, 2.75) is 6.42 Å². The van der Waals surface area contributed by atoms with Gasteiger partial charge in [0, 0.05) is 57.3 Å². The number of pyridine rings is 1. The quantitative estimate of drug-likeness (QED) is 0.505. The highest BCUT2D eigenvalue weighted by molar-refractivity contribution is 5.86. The van der Waals surface area contributed by atoms with Gasteiger partial charge in [-0.25, -0.2) is 0 Å². The van der Waals surface area contributed by atoms with E-state index in [2.05, 4.69) is 32.2 Å². The number of carbonyl (C=O) groups is 3. The van der Waals surface area contributed by atoms with Crippen molar-refractivity contribution in [2.75, 3.05) is 57.4 Å². The molecule has 2 saturated heterocycles. The smallest absolute Gasteiger partial charge is 0.290 e. The number of nitrogens with one attached hydrogen (secondary N) is 1. The van der Waals surface area contributed by atoms with Gasteiger partial charge in [-0.15, -0.1) is 0 Å². The Labute approximate surface area is 199 Å². The van der Waals surface area contributed by atoms with E-state index >= 15 is 0 Å². The Hall–Kier alpha value is -3.50. The van der Waals surface area contributed by atoms with Gasteiger partial charge in [0.05, 0.1) is 18.6 Å². The van der Waals surface area contributed by atoms with Gasteiger partial charge in [0.15, 0.2) is 0 Å². The van der Waals surface area contributed by atoms with Crippen molar-refractivity contribution in [1.82, 2.24) is 15.2 Å². The third-order valence-corrected chi connectivity index (χ3v) is 5.70. The summed E-state index contributed by atoms with van der Waals surface area (Å²) in [5, 5.41) is 17.0. The molecule has 0 radical (unpaired) electrons. The molecular weight excluding hydrogens is 440 g/mol. The molecule has 3 N–H and O–H groups in total. The third-order valence-electron chi connectivity index (χ3n) is 5.70. The molecule has 184 valence electrons. The zero-order valence-corrected chi connectivity index (χ0v) is 19.1. The van der Waals surface area contributed by atoms with Gasteiger partial charge in [-0.3, -0.25) is 24.3 Å². The topological polar surface area (TPSA) is 132 Å². The first kappa shape index (κ1) is 26.7. The fraction of sp³-hybridized carbons (Fsp3) is 0.417. The first-order valence-corrected chi connectivity index (χ1v) is 11.0. The first-order valence-electron chi connectivity index (χ1n) is 11.0. The number of aromatic nitrogens is 1. The van der Waals surface area contributed by atoms with Crippen LogP contribution in [0.15, 0.2) is 54.9 Å². The van der Waals surface area contributed by atoms with Crippen LogP contribution in [-0.2, 0) is 25.5 Å². The lowest BCUT2D eigenvalue weighted by atomic mass is 9.73. The van der Waals surface area contributed by atoms with Gasteiger partial charge < -0.3 is 25.2 Å². The van der Waals surface area contributed by atoms with Crippen molar-refractivity contribution in [3.63, 3.8) is 0 Å². The zero-order chi connectivity index (χ0) is 24.7. The maximum atomic E-state index is 13.2. The Morgan fingerprint density at radius 3 is 2.21 bits per heavy atom. The molecule has 3 heterocycles. The van der Waals surface area contributed by atoms with Crippen LogP contribution in [0.25, 0.3) is 0 Å². The van der Waals surface area contributed by atoms with E-state index in [1.165, 1.54) is 5.56 Å². The summed E-state index contributed by atoms with van der Waals surface area (Å²) < 4.78 is 5.39. The van der Waals surface area contributed by atoms with Gasteiger partial charge in [-0.05, 0) is 24.1 Å². The largest absolute Gasteiger partial charge is 0.483 e. The minimum atomic E-state index is -0.379. The van der Waals surface area contributed by atoms with Gasteiger partial charge in [0.25, 0.3) is 12.9 Å². The molecule has 0 unspecified atom stereocenters. The molecule has 2 aliphatic rings. The number of carbonyl (C=O) groups excluding carboxylic acids is 1. The summed E-state index contributed by atoms with van der Waals surface area (Å²) in [4.78, 5) is 38.6. The Balaban J connectivity index is 0.000000618. The fourth-order valence-corrected chi connectivity index (χ4v) is 4.08. The van der Waals surface area contributed by atoms with Crippen LogP contribution in [0.2, 0.25) is 0 Å². The molecular formula is C24H32N4O6. The van der Waals surface area contributed by atoms with Crippen molar-refractivity contribution < 1.29 is 29.3 Å². The number of anilines is 1. The lowest BCUT2D eigenvalue weighted by Crippen LogP contribution is -2.65. The van der Waals surface area contributed by atoms with Crippen LogP contribution in [0.4, 0.5) is 5.69 Å². The van der Waals surface area contributed by atoms with E-state index in [-0.39, 0.29) is 24.3 Å². The van der Waals surface area contributed by atoms with Crippen LogP contribution in [-0.4, -0.2) is 91.4 Å². The van der Waals surface area contributed by atoms with Crippen molar-refractivity contribution in [3.8, 4) is 0 Å². The molecule has 10 heteroatoms. The van der Waals surface area contributed by atoms with E-state index in [9.17, 15) is 4.79 Å². The van der Waals surface area contributed by atoms with Crippen LogP contribution >= 0.6 is 0 Å². The normalized spacial score (nSPS) is 16.4. The number of amides is 1. The highest BCUT2D eigenvalue weighted by atomic mass is 16.5. The third kappa shape index (κ3) is 8.13. The van der Waals surface area contributed by atoms with E-state index in [4.69, 9.17) is 24.5 Å². The number of rotatable bonds is 7. The highest BCUT2D eigenvalue weighted by Gasteiger charge is 2.49. The summed E-state index contributed by atoms with van der Waals surface area (Å²) in [7, 11) is 0. The monoisotopic (exact) mass is 472 g/mol. The van der Waals surface area contributed by atoms with E-state index in [1.807, 2.05) is 30.3 Å². The summed E-state index contributed by atoms with van der Waals surface area (Å²) in [6.07, 6.45) is 4.36. The molecule has 0 saturated carbocycles. The lowest BCUT2D eigenvalue weighted by molar-refractivity contribution is -0.132. The van der Waals surface area contributed by atoms with Gasteiger partial charge >= 0.3 is 0 Å². The molecule has 1 aromatic carbocycles. The van der Waals surface area contributed by atoms with Crippen LogP contribution in [0.1, 0.15) is 5.56 Å². The minimum absolute atomic E-state index is 0.162. The number of morpholine rings is 1. The van der Waals surface area contributed by atoms with Crippen LogP contribution in [0.3, 0.4) is 0 Å². The SMILES string of the molecule is O=C(NCCN1CCOCC1)C1(Cc2ccccc2)CN(c2ccncc2)C1.O=CO.O=CO. The van der Waals surface area contributed by atoms with E-state index in [0.717, 1.165) is 58.0 Å². The molecule has 4 rings (SSSR count). The number of hydrogen-bond donors (Lipinski definition) is 3. The second kappa shape index (κ2) is 14.6. The average molecular weight is 473 g/mol. The lowest BCUT2D eigenvalue weighted by Gasteiger charge is -2.50. The Morgan fingerprint density at radius 2 is 1.62 bits per heavy atom. The molecule has 0 spiro atoms. The number of benzene rings is 1. The number of carboxylic acid groups (broad SMARTS) is 2. The highest BCUT2D eigenvalue weighted by Crippen LogP contribution is 2.37. The first-order chi connectivity index (χ1) is 16.6. The predicted octanol–water partition coefficient (Wildman–Crippen LogP) is 0.981. The molecule has 2 aromatic rings. The number of ether oxygens (including phenoxy) is 1. The van der Waals surface area contributed by atoms with E-state index in [0.29, 0.717) is 6.54 Å². The van der Waals surface area contributed by atoms with Gasteiger partial charge in [0.2, 0.25) is 5.91 Å². The Morgan fingerprint density at radius 1 is 1.03 bits per heavy atom. The van der Waals surface area contributed by atoms with Gasteiger partial charge in [-0.1, -0.05) is 30.3 Å². The van der Waals surface area contributed by atoms with E-state index in [1.54, 1.807) is 12.4 Å². The van der Waals surface area contributed by atoms with Crippen molar-refractivity contribution >= 4 is 24.5 Å². The molecule has 1 amide bonds. The molecule has 2 fully saturated rings. The minimum Gasteiger partial charge on any atom is -0.483 e. The van der Waals surface area contributed by atoms with Crippen LogP contribution in [0.5, 0.6) is 0 Å². The van der Waals surface area contributed by atoms with Crippen LogP contribution in [0, 0.1) is 5.41 Å². The van der Waals surface area contributed by atoms with Crippen molar-refractivity contribution in [2.24, 2.45) is 5.41 Å². The molecule has 10 nitrogen and oxygen atoms in total. The van der Waals surface area contributed by atoms with E-state index < -0.39 is 0 Å². The molecule has 0 bridgehead atoms. The summed E-state index contributed by atoms with van der Waals surface area (Å²) in [6.45, 7) is 5.99. The van der Waals surface area contributed by atoms with Gasteiger partial charge in [0.1, 0.15) is 0 Å². The molecule has 0 aliphatic carbocycles. The Kier molecular flexibility index (Phi) is 11.5. The zero-order valence-electron chi connectivity index (χ0n) is 19.1. The molecule has 1 aromatic heterocycles. The maximum absolute atomic E-state index is 13.2. The fourth-order valence-electron chi connectivity index (χ4n) is 4.08.